The van der Waals surface area contributed by atoms with Gasteiger partial charge in [0.2, 0.25) is 5.91 Å². The molecule has 0 atom stereocenters. The van der Waals surface area contributed by atoms with Crippen LogP contribution >= 0.6 is 11.6 Å². The van der Waals surface area contributed by atoms with E-state index in [1.54, 1.807) is 4.90 Å². The molecule has 0 unspecified atom stereocenters. The van der Waals surface area contributed by atoms with Gasteiger partial charge in [0.25, 0.3) is 0 Å². The Labute approximate surface area is 172 Å². The molecule has 1 aliphatic heterocycles. The van der Waals surface area contributed by atoms with Crippen LogP contribution < -0.4 is 0 Å². The van der Waals surface area contributed by atoms with Crippen molar-refractivity contribution in [3.63, 3.8) is 0 Å². The Kier molecular flexibility index (Phi) is 5.57. The predicted molar refractivity (Wildman–Crippen MR) is 103 cm³/mol. The van der Waals surface area contributed by atoms with Crippen molar-refractivity contribution in [3.05, 3.63) is 52.3 Å². The third-order valence-corrected chi connectivity index (χ3v) is 5.64. The molecule has 2 aromatic rings. The maximum atomic E-state index is 13.0. The minimum Gasteiger partial charge on any atom is -0.339 e. The molecular formula is C20H22ClF3N4O. The minimum absolute atomic E-state index is 0.0842. The Bertz CT molecular complexity index is 886. The lowest BCUT2D eigenvalue weighted by molar-refractivity contribution is -0.142. The summed E-state index contributed by atoms with van der Waals surface area (Å²) < 4.78 is 40.3. The average molecular weight is 427 g/mol. The lowest BCUT2D eigenvalue weighted by Crippen LogP contribution is -2.49. The number of hydrogen-bond donors (Lipinski definition) is 0. The Hall–Kier alpha value is -2.06. The van der Waals surface area contributed by atoms with Gasteiger partial charge in [0.15, 0.2) is 5.69 Å². The number of hydrogen-bond acceptors (Lipinski definition) is 3. The number of aromatic nitrogens is 2. The smallest absolute Gasteiger partial charge is 0.339 e. The molecule has 1 aromatic heterocycles. The lowest BCUT2D eigenvalue weighted by Gasteiger charge is -2.34. The fraction of sp³-hybridized carbons (Fsp3) is 0.500. The number of piperazine rings is 1. The van der Waals surface area contributed by atoms with E-state index in [4.69, 9.17) is 11.6 Å². The Morgan fingerprint density at radius 3 is 2.48 bits per heavy atom. The van der Waals surface area contributed by atoms with Crippen LogP contribution in [0.25, 0.3) is 0 Å². The summed E-state index contributed by atoms with van der Waals surface area (Å²) in [5.41, 5.74) is 0.714. The number of carbonyl (C=O) groups excluding carboxylic acids is 1. The third-order valence-electron chi connectivity index (χ3n) is 5.40. The Balaban J connectivity index is 1.35. The van der Waals surface area contributed by atoms with Crippen molar-refractivity contribution in [3.8, 4) is 0 Å². The van der Waals surface area contributed by atoms with E-state index < -0.39 is 11.9 Å². The van der Waals surface area contributed by atoms with Gasteiger partial charge in [-0.1, -0.05) is 23.7 Å². The van der Waals surface area contributed by atoms with Crippen LogP contribution in [0.3, 0.4) is 0 Å². The average Bonchev–Trinajstić information content (AvgIpc) is 3.41. The molecule has 0 N–H and O–H groups in total. The maximum absolute atomic E-state index is 13.0. The molecule has 1 aliphatic carbocycles. The highest BCUT2D eigenvalue weighted by Gasteiger charge is 2.38. The monoisotopic (exact) mass is 426 g/mol. The van der Waals surface area contributed by atoms with Crippen LogP contribution in [0.1, 0.15) is 35.7 Å². The summed E-state index contributed by atoms with van der Waals surface area (Å²) in [6.45, 7) is 3.12. The van der Waals surface area contributed by atoms with E-state index in [9.17, 15) is 18.0 Å². The summed E-state index contributed by atoms with van der Waals surface area (Å²) in [4.78, 5) is 16.6. The van der Waals surface area contributed by atoms with E-state index in [1.165, 1.54) is 4.68 Å². The second kappa shape index (κ2) is 7.99. The number of nitrogens with zero attached hydrogens (tertiary/aromatic N) is 4. The van der Waals surface area contributed by atoms with Gasteiger partial charge in [0, 0.05) is 49.4 Å². The highest BCUT2D eigenvalue weighted by molar-refractivity contribution is 6.30. The molecule has 2 fully saturated rings. The van der Waals surface area contributed by atoms with E-state index in [1.807, 2.05) is 24.3 Å². The van der Waals surface area contributed by atoms with Crippen molar-refractivity contribution in [2.75, 3.05) is 26.2 Å². The van der Waals surface area contributed by atoms with Crippen LogP contribution in [0.4, 0.5) is 13.2 Å². The van der Waals surface area contributed by atoms with Crippen LogP contribution in [0.2, 0.25) is 5.02 Å². The molecule has 29 heavy (non-hydrogen) atoms. The normalized spacial score (nSPS) is 18.3. The fourth-order valence-corrected chi connectivity index (χ4v) is 3.89. The fourth-order valence-electron chi connectivity index (χ4n) is 3.68. The van der Waals surface area contributed by atoms with Crippen molar-refractivity contribution in [1.29, 1.82) is 0 Å². The molecule has 4 rings (SSSR count). The van der Waals surface area contributed by atoms with E-state index in [2.05, 4.69) is 10.00 Å². The zero-order valence-electron chi connectivity index (χ0n) is 15.8. The molecule has 1 saturated carbocycles. The Morgan fingerprint density at radius 2 is 1.86 bits per heavy atom. The first-order valence-electron chi connectivity index (χ1n) is 9.69. The first kappa shape index (κ1) is 20.2. The first-order chi connectivity index (χ1) is 13.8. The van der Waals surface area contributed by atoms with Gasteiger partial charge in [-0.05, 0) is 36.6 Å². The molecule has 0 bridgehead atoms. The zero-order valence-corrected chi connectivity index (χ0v) is 16.6. The molecule has 1 aromatic carbocycles. The summed E-state index contributed by atoms with van der Waals surface area (Å²) in [5, 5.41) is 4.37. The highest BCUT2D eigenvalue weighted by atomic mass is 35.5. The molecule has 2 aliphatic rings. The van der Waals surface area contributed by atoms with Crippen molar-refractivity contribution in [2.24, 2.45) is 0 Å². The first-order valence-corrected chi connectivity index (χ1v) is 10.1. The topological polar surface area (TPSA) is 41.4 Å². The highest BCUT2D eigenvalue weighted by Crippen LogP contribution is 2.42. The summed E-state index contributed by atoms with van der Waals surface area (Å²) in [5.74, 6) is -0.105. The number of rotatable bonds is 5. The van der Waals surface area contributed by atoms with Crippen LogP contribution in [0.15, 0.2) is 30.3 Å². The summed E-state index contributed by atoms with van der Waals surface area (Å²) >= 11 is 6.02. The van der Waals surface area contributed by atoms with E-state index in [0.717, 1.165) is 31.0 Å². The molecule has 156 valence electrons. The number of alkyl halides is 3. The molecule has 5 nitrogen and oxygen atoms in total. The molecule has 1 saturated heterocycles. The number of carbonyl (C=O) groups is 1. The predicted octanol–water partition coefficient (Wildman–Crippen LogP) is 3.78. The van der Waals surface area contributed by atoms with Crippen LogP contribution in [0, 0.1) is 0 Å². The molecule has 2 heterocycles. The van der Waals surface area contributed by atoms with Crippen molar-refractivity contribution >= 4 is 17.5 Å². The van der Waals surface area contributed by atoms with Crippen molar-refractivity contribution in [1.82, 2.24) is 19.6 Å². The second-order valence-corrected chi connectivity index (χ2v) is 8.11. The number of amides is 1. The summed E-state index contributed by atoms with van der Waals surface area (Å²) in [6, 6.07) is 8.77. The zero-order chi connectivity index (χ0) is 20.6. The largest absolute Gasteiger partial charge is 0.435 e. The Morgan fingerprint density at radius 1 is 1.14 bits per heavy atom. The SMILES string of the molecule is O=C(Cn1nc(C(F)(F)F)cc1C1CC1)N1CCN(Cc2cccc(Cl)c2)CC1. The molecule has 9 heteroatoms. The van der Waals surface area contributed by atoms with Gasteiger partial charge < -0.3 is 4.90 Å². The van der Waals surface area contributed by atoms with E-state index in [-0.39, 0.29) is 18.4 Å². The van der Waals surface area contributed by atoms with Crippen molar-refractivity contribution < 1.29 is 18.0 Å². The molecule has 0 radical (unpaired) electrons. The third kappa shape index (κ3) is 4.93. The van der Waals surface area contributed by atoms with Crippen LogP contribution in [0.5, 0.6) is 0 Å². The van der Waals surface area contributed by atoms with Gasteiger partial charge in [0.1, 0.15) is 6.54 Å². The van der Waals surface area contributed by atoms with Gasteiger partial charge in [-0.2, -0.15) is 18.3 Å². The van der Waals surface area contributed by atoms with Gasteiger partial charge in [-0.25, -0.2) is 0 Å². The standard InChI is InChI=1S/C20H22ClF3N4O/c21-16-3-1-2-14(10-16)12-26-6-8-27(9-7-26)19(29)13-28-17(15-4-5-15)11-18(25-28)20(22,23)24/h1-3,10-11,15H,4-9,12-13H2. The quantitative estimate of drug-likeness (QED) is 0.730. The van der Waals surface area contributed by atoms with Gasteiger partial charge >= 0.3 is 6.18 Å². The maximum Gasteiger partial charge on any atom is 0.435 e. The van der Waals surface area contributed by atoms with E-state index in [0.29, 0.717) is 36.9 Å². The lowest BCUT2D eigenvalue weighted by atomic mass is 10.2. The van der Waals surface area contributed by atoms with Gasteiger partial charge in [-0.3, -0.25) is 14.4 Å². The molecule has 1 amide bonds. The minimum atomic E-state index is -4.50. The summed E-state index contributed by atoms with van der Waals surface area (Å²) in [6.07, 6.45) is -2.80. The van der Waals surface area contributed by atoms with Crippen molar-refractivity contribution in [2.45, 2.75) is 38.0 Å². The number of benzene rings is 1. The van der Waals surface area contributed by atoms with Gasteiger partial charge in [-0.15, -0.1) is 0 Å². The second-order valence-electron chi connectivity index (χ2n) is 7.67. The van der Waals surface area contributed by atoms with E-state index >= 15 is 0 Å². The van der Waals surface area contributed by atoms with Gasteiger partial charge in [0.05, 0.1) is 0 Å². The molecular weight excluding hydrogens is 405 g/mol. The number of halogens is 4. The van der Waals surface area contributed by atoms with Crippen LogP contribution in [-0.2, 0) is 24.1 Å². The van der Waals surface area contributed by atoms with Crippen LogP contribution in [-0.4, -0.2) is 51.7 Å². The molecule has 0 spiro atoms. The summed E-state index contributed by atoms with van der Waals surface area (Å²) in [7, 11) is 0.